The number of rotatable bonds is 7. The first-order valence-electron chi connectivity index (χ1n) is 12.2. The van der Waals surface area contributed by atoms with Crippen LogP contribution in [-0.2, 0) is 30.7 Å². The van der Waals surface area contributed by atoms with Crippen LogP contribution in [0.1, 0.15) is 52.7 Å². The molecule has 10 heteroatoms. The summed E-state index contributed by atoms with van der Waals surface area (Å²) in [7, 11) is -3.98. The number of carbonyl (C=O) groups excluding carboxylic acids is 2. The number of ether oxygens (including phenoxy) is 2. The molecule has 1 amide bonds. The van der Waals surface area contributed by atoms with E-state index in [1.54, 1.807) is 91.1 Å². The lowest BCUT2D eigenvalue weighted by Gasteiger charge is -2.26. The van der Waals surface area contributed by atoms with Crippen LogP contribution >= 0.6 is 0 Å². The van der Waals surface area contributed by atoms with Crippen LogP contribution in [0.15, 0.2) is 59.6 Å². The van der Waals surface area contributed by atoms with Crippen molar-refractivity contribution >= 4 is 38.7 Å². The number of anilines is 1. The van der Waals surface area contributed by atoms with Gasteiger partial charge in [-0.25, -0.2) is 18.0 Å². The number of aromatic nitrogens is 1. The highest BCUT2D eigenvalue weighted by molar-refractivity contribution is 7.92. The number of alkyl carbamates (subject to hydrolysis) is 1. The number of fused-ring (bicyclic) bond motifs is 1. The number of nitrogens with zero attached hydrogens (tertiary/aromatic N) is 1. The van der Waals surface area contributed by atoms with Crippen LogP contribution in [0.25, 0.3) is 10.9 Å². The van der Waals surface area contributed by atoms with Crippen molar-refractivity contribution in [2.45, 2.75) is 77.0 Å². The smallest absolute Gasteiger partial charge is 0.408 e. The van der Waals surface area contributed by atoms with E-state index in [4.69, 9.17) is 9.47 Å². The Morgan fingerprint density at radius 1 is 0.947 bits per heavy atom. The third kappa shape index (κ3) is 7.92. The van der Waals surface area contributed by atoms with Crippen LogP contribution in [0.2, 0.25) is 0 Å². The van der Waals surface area contributed by atoms with Gasteiger partial charge in [-0.2, -0.15) is 0 Å². The highest BCUT2D eigenvalue weighted by atomic mass is 32.2. The van der Waals surface area contributed by atoms with Gasteiger partial charge >= 0.3 is 12.1 Å². The quantitative estimate of drug-likeness (QED) is 0.398. The number of pyridine rings is 1. The van der Waals surface area contributed by atoms with Crippen LogP contribution in [0.3, 0.4) is 0 Å². The standard InChI is InChI=1S/C28H35N3O6S/c1-18-13-14-20(38(34,35)31-23-12-8-11-22-21(23)10-9-15-29-22)16-19(18)17-24(25(32)36-27(2,3)4)30-26(33)37-28(5,6)7/h8-16,24,31H,17H2,1-7H3,(H,30,33)/t24-/m0/s1. The van der Waals surface area contributed by atoms with Gasteiger partial charge < -0.3 is 14.8 Å². The van der Waals surface area contributed by atoms with E-state index in [1.807, 2.05) is 0 Å². The highest BCUT2D eigenvalue weighted by Crippen LogP contribution is 2.26. The fraction of sp³-hybridized carbons (Fsp3) is 0.393. The lowest BCUT2D eigenvalue weighted by Crippen LogP contribution is -2.47. The highest BCUT2D eigenvalue weighted by Gasteiger charge is 2.30. The topological polar surface area (TPSA) is 124 Å². The molecule has 0 aliphatic rings. The normalized spacial score (nSPS) is 13.0. The van der Waals surface area contributed by atoms with Crippen molar-refractivity contribution in [2.75, 3.05) is 4.72 Å². The summed E-state index contributed by atoms with van der Waals surface area (Å²) in [5.41, 5.74) is 0.802. The maximum Gasteiger partial charge on any atom is 0.408 e. The monoisotopic (exact) mass is 541 g/mol. The van der Waals surface area contributed by atoms with Crippen molar-refractivity contribution < 1.29 is 27.5 Å². The maximum absolute atomic E-state index is 13.3. The molecule has 0 unspecified atom stereocenters. The Labute approximate surface area is 224 Å². The van der Waals surface area contributed by atoms with E-state index < -0.39 is 39.3 Å². The molecule has 9 nitrogen and oxygen atoms in total. The molecular weight excluding hydrogens is 506 g/mol. The average Bonchev–Trinajstić information content (AvgIpc) is 2.77. The number of hydrogen-bond acceptors (Lipinski definition) is 7. The Bertz CT molecular complexity index is 1430. The minimum absolute atomic E-state index is 0.00152. The van der Waals surface area contributed by atoms with Crippen LogP contribution in [-0.4, -0.2) is 42.7 Å². The molecule has 1 atom stereocenters. The summed E-state index contributed by atoms with van der Waals surface area (Å²) in [6.45, 7) is 12.1. The van der Waals surface area contributed by atoms with Crippen molar-refractivity contribution in [2.24, 2.45) is 0 Å². The molecule has 0 saturated carbocycles. The summed E-state index contributed by atoms with van der Waals surface area (Å²) in [4.78, 5) is 29.8. The van der Waals surface area contributed by atoms with E-state index in [9.17, 15) is 18.0 Å². The summed E-state index contributed by atoms with van der Waals surface area (Å²) in [5, 5.41) is 3.25. The third-order valence-corrected chi connectivity index (χ3v) is 6.69. The predicted octanol–water partition coefficient (Wildman–Crippen LogP) is 5.12. The van der Waals surface area contributed by atoms with Crippen molar-refractivity contribution in [3.8, 4) is 0 Å². The van der Waals surface area contributed by atoms with Gasteiger partial charge in [0.05, 0.1) is 16.1 Å². The molecule has 0 aliphatic heterocycles. The summed E-state index contributed by atoms with van der Waals surface area (Å²) >= 11 is 0. The average molecular weight is 542 g/mol. The Morgan fingerprint density at radius 3 is 2.29 bits per heavy atom. The molecule has 2 N–H and O–H groups in total. The maximum atomic E-state index is 13.3. The van der Waals surface area contributed by atoms with E-state index in [-0.39, 0.29) is 11.3 Å². The largest absolute Gasteiger partial charge is 0.458 e. The Balaban J connectivity index is 1.91. The number of nitrogens with one attached hydrogen (secondary N) is 2. The molecule has 204 valence electrons. The second-order valence-electron chi connectivity index (χ2n) is 11.0. The predicted molar refractivity (Wildman–Crippen MR) is 146 cm³/mol. The van der Waals surface area contributed by atoms with Gasteiger partial charge in [-0.1, -0.05) is 12.1 Å². The fourth-order valence-corrected chi connectivity index (χ4v) is 4.80. The lowest BCUT2D eigenvalue weighted by molar-refractivity contribution is -0.157. The molecule has 1 aromatic heterocycles. The zero-order valence-electron chi connectivity index (χ0n) is 22.8. The van der Waals surface area contributed by atoms with E-state index in [1.165, 1.54) is 12.1 Å². The van der Waals surface area contributed by atoms with Crippen LogP contribution < -0.4 is 10.0 Å². The second kappa shape index (κ2) is 11.0. The number of hydrogen-bond donors (Lipinski definition) is 2. The molecular formula is C28H35N3O6S. The van der Waals surface area contributed by atoms with Gasteiger partial charge in [0.15, 0.2) is 0 Å². The molecule has 38 heavy (non-hydrogen) atoms. The molecule has 3 aromatic rings. The first kappa shape index (κ1) is 28.9. The first-order valence-corrected chi connectivity index (χ1v) is 13.7. The molecule has 3 rings (SSSR count). The molecule has 0 radical (unpaired) electrons. The van der Waals surface area contributed by atoms with Gasteiger partial charge in [-0.3, -0.25) is 9.71 Å². The zero-order chi connectivity index (χ0) is 28.3. The number of aryl methyl sites for hydroxylation is 1. The third-order valence-electron chi connectivity index (χ3n) is 5.33. The summed E-state index contributed by atoms with van der Waals surface area (Å²) in [6.07, 6.45) is 0.863. The Morgan fingerprint density at radius 2 is 1.63 bits per heavy atom. The molecule has 0 spiro atoms. The number of carbonyl (C=O) groups is 2. The van der Waals surface area contributed by atoms with Crippen LogP contribution in [0.5, 0.6) is 0 Å². The van der Waals surface area contributed by atoms with E-state index in [2.05, 4.69) is 15.0 Å². The SMILES string of the molecule is Cc1ccc(S(=O)(=O)Nc2cccc3ncccc23)cc1C[C@H](NC(=O)OC(C)(C)C)C(=O)OC(C)(C)C. The van der Waals surface area contributed by atoms with Gasteiger partial charge in [0.25, 0.3) is 10.0 Å². The van der Waals surface area contributed by atoms with Gasteiger partial charge in [0, 0.05) is 18.0 Å². The molecule has 2 aromatic carbocycles. The van der Waals surface area contributed by atoms with E-state index >= 15 is 0 Å². The minimum Gasteiger partial charge on any atom is -0.458 e. The lowest BCUT2D eigenvalue weighted by atomic mass is 10.0. The van der Waals surface area contributed by atoms with Crippen LogP contribution in [0.4, 0.5) is 10.5 Å². The Hall–Kier alpha value is -3.66. The first-order chi connectivity index (χ1) is 17.5. The fourth-order valence-electron chi connectivity index (χ4n) is 3.67. The molecule has 1 heterocycles. The zero-order valence-corrected chi connectivity index (χ0v) is 23.6. The van der Waals surface area contributed by atoms with Gasteiger partial charge in [0.2, 0.25) is 0 Å². The number of benzene rings is 2. The Kier molecular flexibility index (Phi) is 8.36. The van der Waals surface area contributed by atoms with Crippen molar-refractivity contribution in [1.82, 2.24) is 10.3 Å². The molecule has 0 saturated heterocycles. The van der Waals surface area contributed by atoms with Crippen molar-refractivity contribution in [1.29, 1.82) is 0 Å². The summed E-state index contributed by atoms with van der Waals surface area (Å²) < 4.78 is 40.2. The molecule has 0 bridgehead atoms. The van der Waals surface area contributed by atoms with E-state index in [0.29, 0.717) is 22.2 Å². The number of sulfonamides is 1. The summed E-state index contributed by atoms with van der Waals surface area (Å²) in [5.74, 6) is -0.655. The summed E-state index contributed by atoms with van der Waals surface area (Å²) in [6, 6.07) is 12.3. The van der Waals surface area contributed by atoms with Crippen LogP contribution in [0, 0.1) is 6.92 Å². The van der Waals surface area contributed by atoms with Gasteiger partial charge in [-0.05, 0) is 96.0 Å². The molecule has 0 fully saturated rings. The van der Waals surface area contributed by atoms with Gasteiger partial charge in [0.1, 0.15) is 17.2 Å². The number of esters is 1. The van der Waals surface area contributed by atoms with Crippen molar-refractivity contribution in [3.05, 3.63) is 65.9 Å². The van der Waals surface area contributed by atoms with Crippen molar-refractivity contribution in [3.63, 3.8) is 0 Å². The van der Waals surface area contributed by atoms with E-state index in [0.717, 1.165) is 5.56 Å². The second-order valence-corrected chi connectivity index (χ2v) is 12.7. The minimum atomic E-state index is -3.98. The number of amides is 1. The van der Waals surface area contributed by atoms with Gasteiger partial charge in [-0.15, -0.1) is 0 Å². The molecule has 0 aliphatic carbocycles.